The summed E-state index contributed by atoms with van der Waals surface area (Å²) in [6, 6.07) is 7.44. The lowest BCUT2D eigenvalue weighted by molar-refractivity contribution is 0.300. The molecule has 120 valence electrons. The maximum Gasteiger partial charge on any atom is 0.263 e. The molecule has 8 heteroatoms. The summed E-state index contributed by atoms with van der Waals surface area (Å²) in [4.78, 5) is 20.8. The third-order valence-corrected chi connectivity index (χ3v) is 3.42. The smallest absolute Gasteiger partial charge is 0.263 e. The highest BCUT2D eigenvalue weighted by atomic mass is 16.5. The molecule has 0 bridgehead atoms. The second-order valence-electron chi connectivity index (χ2n) is 4.94. The first kappa shape index (κ1) is 14.9. The normalized spacial score (nSPS) is 10.7. The minimum Gasteiger partial charge on any atom is -0.493 e. The van der Waals surface area contributed by atoms with Crippen LogP contribution in [0.4, 0.5) is 5.95 Å². The Morgan fingerprint density at radius 1 is 1.26 bits per heavy atom. The second-order valence-corrected chi connectivity index (χ2v) is 4.94. The van der Waals surface area contributed by atoms with Crippen molar-refractivity contribution in [3.63, 3.8) is 0 Å². The summed E-state index contributed by atoms with van der Waals surface area (Å²) >= 11 is 0. The Morgan fingerprint density at radius 3 is 2.83 bits per heavy atom. The fourth-order valence-electron chi connectivity index (χ4n) is 2.15. The van der Waals surface area contributed by atoms with Crippen LogP contribution < -0.4 is 19.9 Å². The third kappa shape index (κ3) is 3.10. The molecular weight excluding hydrogens is 298 g/mol. The molecule has 0 saturated carbocycles. The number of rotatable bonds is 6. The molecular formula is C15H17N5O3. The van der Waals surface area contributed by atoms with Crippen molar-refractivity contribution >= 4 is 17.0 Å². The number of likely N-dealkylation sites (N-methyl/N-ethyl adjacent to an activating group) is 1. The SMILES string of the molecule is COc1ccccc1OCCN(C)c1nc2[nH]ncc2c(=O)[nH]1. The fourth-order valence-corrected chi connectivity index (χ4v) is 2.15. The van der Waals surface area contributed by atoms with Crippen LogP contribution in [0.5, 0.6) is 11.5 Å². The van der Waals surface area contributed by atoms with E-state index in [2.05, 4.69) is 20.2 Å². The van der Waals surface area contributed by atoms with Gasteiger partial charge in [-0.2, -0.15) is 10.1 Å². The first-order valence-corrected chi connectivity index (χ1v) is 7.09. The van der Waals surface area contributed by atoms with E-state index in [1.807, 2.05) is 31.3 Å². The number of anilines is 1. The van der Waals surface area contributed by atoms with Gasteiger partial charge in [-0.15, -0.1) is 0 Å². The maximum absolute atomic E-state index is 11.9. The topological polar surface area (TPSA) is 96.1 Å². The number of ether oxygens (including phenoxy) is 2. The molecule has 2 aromatic heterocycles. The van der Waals surface area contributed by atoms with Crippen molar-refractivity contribution in [3.8, 4) is 11.5 Å². The van der Waals surface area contributed by atoms with Crippen molar-refractivity contribution in [2.45, 2.75) is 0 Å². The molecule has 0 aliphatic rings. The zero-order chi connectivity index (χ0) is 16.2. The number of aromatic nitrogens is 4. The Kier molecular flexibility index (Phi) is 4.13. The molecule has 2 heterocycles. The van der Waals surface area contributed by atoms with Crippen LogP contribution in [0, 0.1) is 0 Å². The van der Waals surface area contributed by atoms with Gasteiger partial charge in [0.05, 0.1) is 19.9 Å². The summed E-state index contributed by atoms with van der Waals surface area (Å²) in [5.41, 5.74) is 0.234. The second kappa shape index (κ2) is 6.39. The highest BCUT2D eigenvalue weighted by Gasteiger charge is 2.10. The Balaban J connectivity index is 1.66. The summed E-state index contributed by atoms with van der Waals surface area (Å²) in [5.74, 6) is 1.81. The highest BCUT2D eigenvalue weighted by molar-refractivity contribution is 5.73. The van der Waals surface area contributed by atoms with Gasteiger partial charge in [-0.3, -0.25) is 14.9 Å². The van der Waals surface area contributed by atoms with Crippen molar-refractivity contribution in [3.05, 3.63) is 40.8 Å². The third-order valence-electron chi connectivity index (χ3n) is 3.42. The fraction of sp³-hybridized carbons (Fsp3) is 0.267. The molecule has 0 fully saturated rings. The summed E-state index contributed by atoms with van der Waals surface area (Å²) in [6.45, 7) is 0.961. The Bertz CT molecular complexity index is 857. The van der Waals surface area contributed by atoms with Crippen molar-refractivity contribution < 1.29 is 9.47 Å². The molecule has 0 atom stereocenters. The van der Waals surface area contributed by atoms with E-state index in [1.165, 1.54) is 6.20 Å². The van der Waals surface area contributed by atoms with E-state index in [1.54, 1.807) is 12.0 Å². The van der Waals surface area contributed by atoms with Crippen LogP contribution in [-0.2, 0) is 0 Å². The van der Waals surface area contributed by atoms with E-state index in [9.17, 15) is 4.79 Å². The number of hydrogen-bond donors (Lipinski definition) is 2. The number of fused-ring (bicyclic) bond motifs is 1. The number of hydrogen-bond acceptors (Lipinski definition) is 6. The zero-order valence-corrected chi connectivity index (χ0v) is 12.9. The predicted octanol–water partition coefficient (Wildman–Crippen LogP) is 1.17. The molecule has 0 aliphatic carbocycles. The Hall–Kier alpha value is -3.03. The molecule has 3 rings (SSSR count). The van der Waals surface area contributed by atoms with Crippen LogP contribution in [0.3, 0.4) is 0 Å². The molecule has 0 aliphatic heterocycles. The molecule has 0 radical (unpaired) electrons. The standard InChI is InChI=1S/C15H17N5O3/c1-20(7-8-23-12-6-4-3-5-11(12)22-2)15-17-13-10(9-16-19-13)14(21)18-15/h3-6,9H,7-8H2,1-2H3,(H2,16,17,18,19,21). The molecule has 0 amide bonds. The minimum absolute atomic E-state index is 0.226. The number of aromatic amines is 2. The van der Waals surface area contributed by atoms with Crippen LogP contribution in [0.25, 0.3) is 11.0 Å². The van der Waals surface area contributed by atoms with Gasteiger partial charge in [-0.1, -0.05) is 12.1 Å². The van der Waals surface area contributed by atoms with Crippen LogP contribution in [-0.4, -0.2) is 47.5 Å². The molecule has 0 unspecified atom stereocenters. The number of H-pyrrole nitrogens is 2. The van der Waals surface area contributed by atoms with Gasteiger partial charge < -0.3 is 14.4 Å². The van der Waals surface area contributed by atoms with Gasteiger partial charge in [0.15, 0.2) is 17.1 Å². The van der Waals surface area contributed by atoms with Crippen LogP contribution in [0.15, 0.2) is 35.3 Å². The van der Waals surface area contributed by atoms with Gasteiger partial charge in [-0.25, -0.2) is 0 Å². The lowest BCUT2D eigenvalue weighted by atomic mass is 10.3. The number of methoxy groups -OCH3 is 1. The van der Waals surface area contributed by atoms with Crippen molar-refractivity contribution in [1.82, 2.24) is 20.2 Å². The van der Waals surface area contributed by atoms with Gasteiger partial charge in [0, 0.05) is 7.05 Å². The zero-order valence-electron chi connectivity index (χ0n) is 12.9. The average Bonchev–Trinajstić information content (AvgIpc) is 3.04. The molecule has 8 nitrogen and oxygen atoms in total. The number of nitrogens with one attached hydrogen (secondary N) is 2. The Labute approximate surface area is 132 Å². The van der Waals surface area contributed by atoms with Crippen molar-refractivity contribution in [1.29, 1.82) is 0 Å². The number of nitrogens with zero attached hydrogens (tertiary/aromatic N) is 3. The average molecular weight is 315 g/mol. The van der Waals surface area contributed by atoms with Gasteiger partial charge in [0.2, 0.25) is 5.95 Å². The van der Waals surface area contributed by atoms with Crippen LogP contribution in [0.1, 0.15) is 0 Å². The van der Waals surface area contributed by atoms with Gasteiger partial charge in [0.25, 0.3) is 5.56 Å². The van der Waals surface area contributed by atoms with Gasteiger partial charge in [-0.05, 0) is 12.1 Å². The molecule has 23 heavy (non-hydrogen) atoms. The van der Waals surface area contributed by atoms with Crippen LogP contribution >= 0.6 is 0 Å². The molecule has 1 aromatic carbocycles. The van der Waals surface area contributed by atoms with E-state index in [0.717, 1.165) is 0 Å². The molecule has 2 N–H and O–H groups in total. The van der Waals surface area contributed by atoms with Crippen molar-refractivity contribution in [2.75, 3.05) is 32.2 Å². The van der Waals surface area contributed by atoms with Crippen molar-refractivity contribution in [2.24, 2.45) is 0 Å². The first-order chi connectivity index (χ1) is 11.2. The minimum atomic E-state index is -0.226. The summed E-state index contributed by atoms with van der Waals surface area (Å²) in [6.07, 6.45) is 1.45. The lowest BCUT2D eigenvalue weighted by Gasteiger charge is -2.18. The van der Waals surface area contributed by atoms with Gasteiger partial charge >= 0.3 is 0 Å². The largest absolute Gasteiger partial charge is 0.493 e. The monoisotopic (exact) mass is 315 g/mol. The quantitative estimate of drug-likeness (QED) is 0.709. The molecule has 3 aromatic rings. The van der Waals surface area contributed by atoms with E-state index in [4.69, 9.17) is 9.47 Å². The van der Waals surface area contributed by atoms with E-state index in [-0.39, 0.29) is 5.56 Å². The van der Waals surface area contributed by atoms with E-state index in [0.29, 0.717) is 41.6 Å². The van der Waals surface area contributed by atoms with E-state index < -0.39 is 0 Å². The summed E-state index contributed by atoms with van der Waals surface area (Å²) in [5, 5.41) is 6.95. The molecule has 0 spiro atoms. The highest BCUT2D eigenvalue weighted by Crippen LogP contribution is 2.25. The Morgan fingerprint density at radius 2 is 2.04 bits per heavy atom. The van der Waals surface area contributed by atoms with Crippen LogP contribution in [0.2, 0.25) is 0 Å². The number of benzene rings is 1. The predicted molar refractivity (Wildman–Crippen MR) is 86.3 cm³/mol. The first-order valence-electron chi connectivity index (χ1n) is 7.09. The molecule has 0 saturated heterocycles. The summed E-state index contributed by atoms with van der Waals surface area (Å²) < 4.78 is 10.9. The van der Waals surface area contributed by atoms with E-state index >= 15 is 0 Å². The maximum atomic E-state index is 11.9. The summed E-state index contributed by atoms with van der Waals surface area (Å²) in [7, 11) is 3.43. The number of para-hydroxylation sites is 2. The lowest BCUT2D eigenvalue weighted by Crippen LogP contribution is -2.27. The van der Waals surface area contributed by atoms with Gasteiger partial charge in [0.1, 0.15) is 12.0 Å².